The molecule has 0 N–H and O–H groups in total. The summed E-state index contributed by atoms with van der Waals surface area (Å²) in [5.74, 6) is 2.63. The molecule has 0 aliphatic carbocycles. The van der Waals surface area contributed by atoms with E-state index in [1.54, 1.807) is 33.4 Å². The van der Waals surface area contributed by atoms with Gasteiger partial charge < -0.3 is 18.9 Å². The molecule has 1 unspecified atom stereocenters. The molecule has 1 fully saturated rings. The summed E-state index contributed by atoms with van der Waals surface area (Å²) < 4.78 is 22.2. The van der Waals surface area contributed by atoms with E-state index in [4.69, 9.17) is 24.0 Å². The number of benzene rings is 3. The third-order valence-corrected chi connectivity index (χ3v) is 7.76. The molecule has 0 spiro atoms. The van der Waals surface area contributed by atoms with Crippen LogP contribution in [0.25, 0.3) is 0 Å². The fourth-order valence-electron chi connectivity index (χ4n) is 5.49. The van der Waals surface area contributed by atoms with Crippen LogP contribution in [0, 0.1) is 0 Å². The molecule has 9 nitrogen and oxygen atoms in total. The maximum absolute atomic E-state index is 13.9. The quantitative estimate of drug-likeness (QED) is 0.369. The second-order valence-corrected chi connectivity index (χ2v) is 10.2. The first-order valence-corrected chi connectivity index (χ1v) is 13.9. The van der Waals surface area contributed by atoms with E-state index in [2.05, 4.69) is 34.1 Å². The lowest BCUT2D eigenvalue weighted by Gasteiger charge is -2.35. The van der Waals surface area contributed by atoms with E-state index in [0.717, 1.165) is 49.6 Å². The topological polar surface area (TPSA) is 76.1 Å². The number of ether oxygens (including phenoxy) is 4. The van der Waals surface area contributed by atoms with E-state index in [1.807, 2.05) is 42.5 Å². The van der Waals surface area contributed by atoms with Crippen molar-refractivity contribution in [3.63, 3.8) is 0 Å². The van der Waals surface area contributed by atoms with Crippen LogP contribution in [-0.2, 0) is 11.3 Å². The molecular weight excluding hydrogens is 520 g/mol. The van der Waals surface area contributed by atoms with Gasteiger partial charge in [0.15, 0.2) is 0 Å². The Labute approximate surface area is 241 Å². The summed E-state index contributed by atoms with van der Waals surface area (Å²) in [6.07, 6.45) is 0.516. The monoisotopic (exact) mass is 558 g/mol. The minimum absolute atomic E-state index is 0.0492. The second-order valence-electron chi connectivity index (χ2n) is 10.2. The van der Waals surface area contributed by atoms with E-state index in [1.165, 1.54) is 5.56 Å². The number of rotatable bonds is 10. The Bertz CT molecular complexity index is 1370. The van der Waals surface area contributed by atoms with Crippen molar-refractivity contribution in [2.75, 3.05) is 61.2 Å². The number of carbonyl (C=O) groups excluding carboxylic acids is 1. The molecule has 3 aromatic carbocycles. The molecule has 1 atom stereocenters. The van der Waals surface area contributed by atoms with Crippen LogP contribution in [0.1, 0.15) is 29.2 Å². The van der Waals surface area contributed by atoms with E-state index < -0.39 is 0 Å². The summed E-state index contributed by atoms with van der Waals surface area (Å²) in [5, 5.41) is 6.51. The largest absolute Gasteiger partial charge is 0.497 e. The number of amides is 1. The van der Waals surface area contributed by atoms with Gasteiger partial charge >= 0.3 is 0 Å². The summed E-state index contributed by atoms with van der Waals surface area (Å²) in [7, 11) is 6.49. The Morgan fingerprint density at radius 2 is 1.41 bits per heavy atom. The molecule has 2 aliphatic rings. The highest BCUT2D eigenvalue weighted by atomic mass is 16.5. The second kappa shape index (κ2) is 13.1. The zero-order valence-corrected chi connectivity index (χ0v) is 24.2. The van der Waals surface area contributed by atoms with Crippen LogP contribution >= 0.6 is 0 Å². The molecule has 5 rings (SSSR count). The standard InChI is InChI=1S/C32H38N4O5/c1-38-24-10-12-26(30(18-24)40-3)28-20-29(27-13-11-25(39-2)19-31(27)41-4)36(33-28)32(37)22-35-16-14-34(15-17-35)21-23-8-6-5-7-9-23/h5-13,18-19,29H,14-17,20-22H2,1-4H3. The number of piperazine rings is 1. The van der Waals surface area contributed by atoms with Gasteiger partial charge in [0.25, 0.3) is 5.91 Å². The van der Waals surface area contributed by atoms with Gasteiger partial charge in [0.2, 0.25) is 0 Å². The maximum Gasteiger partial charge on any atom is 0.257 e. The van der Waals surface area contributed by atoms with Crippen LogP contribution in [0.15, 0.2) is 71.8 Å². The molecule has 216 valence electrons. The Balaban J connectivity index is 1.36. The van der Waals surface area contributed by atoms with Crippen molar-refractivity contribution in [2.24, 2.45) is 5.10 Å². The number of hydrogen-bond donors (Lipinski definition) is 0. The van der Waals surface area contributed by atoms with Gasteiger partial charge in [0.05, 0.1) is 46.7 Å². The van der Waals surface area contributed by atoms with E-state index in [-0.39, 0.29) is 11.9 Å². The van der Waals surface area contributed by atoms with Crippen LogP contribution in [0.3, 0.4) is 0 Å². The number of hydrogen-bond acceptors (Lipinski definition) is 8. The highest BCUT2D eigenvalue weighted by Crippen LogP contribution is 2.40. The minimum atomic E-state index is -0.329. The van der Waals surface area contributed by atoms with Crippen molar-refractivity contribution in [1.29, 1.82) is 0 Å². The van der Waals surface area contributed by atoms with E-state index in [9.17, 15) is 4.79 Å². The van der Waals surface area contributed by atoms with Crippen molar-refractivity contribution >= 4 is 11.6 Å². The molecular formula is C32H38N4O5. The highest BCUT2D eigenvalue weighted by Gasteiger charge is 2.36. The van der Waals surface area contributed by atoms with Gasteiger partial charge in [-0.1, -0.05) is 30.3 Å². The lowest BCUT2D eigenvalue weighted by Crippen LogP contribution is -2.49. The fraction of sp³-hybridized carbons (Fsp3) is 0.375. The zero-order valence-electron chi connectivity index (χ0n) is 24.2. The molecule has 1 amide bonds. The van der Waals surface area contributed by atoms with Crippen LogP contribution in [0.2, 0.25) is 0 Å². The van der Waals surface area contributed by atoms with E-state index >= 15 is 0 Å². The zero-order chi connectivity index (χ0) is 28.8. The molecule has 0 bridgehead atoms. The Hall–Kier alpha value is -4.08. The summed E-state index contributed by atoms with van der Waals surface area (Å²) in [6.45, 7) is 4.69. The smallest absolute Gasteiger partial charge is 0.257 e. The molecule has 3 aromatic rings. The minimum Gasteiger partial charge on any atom is -0.497 e. The van der Waals surface area contributed by atoms with Crippen LogP contribution in [-0.4, -0.2) is 87.6 Å². The van der Waals surface area contributed by atoms with Gasteiger partial charge in [0.1, 0.15) is 23.0 Å². The number of nitrogens with zero attached hydrogens (tertiary/aromatic N) is 4. The predicted molar refractivity (Wildman–Crippen MR) is 158 cm³/mol. The molecule has 1 saturated heterocycles. The van der Waals surface area contributed by atoms with Crippen molar-refractivity contribution in [3.05, 3.63) is 83.4 Å². The molecule has 2 heterocycles. The number of methoxy groups -OCH3 is 4. The lowest BCUT2D eigenvalue weighted by atomic mass is 9.97. The van der Waals surface area contributed by atoms with Crippen LogP contribution < -0.4 is 18.9 Å². The first-order chi connectivity index (χ1) is 20.0. The Morgan fingerprint density at radius 3 is 2.07 bits per heavy atom. The van der Waals surface area contributed by atoms with Crippen molar-refractivity contribution in [1.82, 2.24) is 14.8 Å². The normalized spacial score (nSPS) is 17.7. The van der Waals surface area contributed by atoms with Gasteiger partial charge in [-0.25, -0.2) is 5.01 Å². The number of hydrazone groups is 1. The Kier molecular flexibility index (Phi) is 9.06. The third kappa shape index (κ3) is 6.47. The van der Waals surface area contributed by atoms with E-state index in [0.29, 0.717) is 36.0 Å². The van der Waals surface area contributed by atoms with Crippen molar-refractivity contribution in [3.8, 4) is 23.0 Å². The molecule has 0 radical (unpaired) electrons. The summed E-state index contributed by atoms with van der Waals surface area (Å²) >= 11 is 0. The highest BCUT2D eigenvalue weighted by molar-refractivity contribution is 6.05. The van der Waals surface area contributed by atoms with Crippen molar-refractivity contribution < 1.29 is 23.7 Å². The molecule has 41 heavy (non-hydrogen) atoms. The van der Waals surface area contributed by atoms with Crippen LogP contribution in [0.4, 0.5) is 0 Å². The van der Waals surface area contributed by atoms with Crippen LogP contribution in [0.5, 0.6) is 23.0 Å². The Morgan fingerprint density at radius 1 is 0.780 bits per heavy atom. The fourth-order valence-corrected chi connectivity index (χ4v) is 5.49. The number of carbonyl (C=O) groups is 1. The third-order valence-electron chi connectivity index (χ3n) is 7.76. The van der Waals surface area contributed by atoms with Gasteiger partial charge in [-0.3, -0.25) is 14.6 Å². The first-order valence-electron chi connectivity index (χ1n) is 13.9. The SMILES string of the molecule is COc1ccc(C2=NN(C(=O)CN3CCN(Cc4ccccc4)CC3)C(c3ccc(OC)cc3OC)C2)c(OC)c1. The maximum atomic E-state index is 13.9. The molecule has 9 heteroatoms. The average Bonchev–Trinajstić information content (AvgIpc) is 3.47. The van der Waals surface area contributed by atoms with Crippen molar-refractivity contribution in [2.45, 2.75) is 19.0 Å². The average molecular weight is 559 g/mol. The first kappa shape index (κ1) is 28.4. The predicted octanol–water partition coefficient (Wildman–Crippen LogP) is 4.22. The van der Waals surface area contributed by atoms with Gasteiger partial charge in [-0.15, -0.1) is 0 Å². The summed E-state index contributed by atoms with van der Waals surface area (Å²) in [4.78, 5) is 18.5. The molecule has 0 aromatic heterocycles. The van der Waals surface area contributed by atoms with Gasteiger partial charge in [0, 0.05) is 62.4 Å². The summed E-state index contributed by atoms with van der Waals surface area (Å²) in [5.41, 5.74) is 3.78. The molecule has 0 saturated carbocycles. The molecule has 2 aliphatic heterocycles. The van der Waals surface area contributed by atoms with Gasteiger partial charge in [-0.05, 0) is 29.8 Å². The summed E-state index contributed by atoms with van der Waals surface area (Å²) in [6, 6.07) is 21.5. The lowest BCUT2D eigenvalue weighted by molar-refractivity contribution is -0.134. The van der Waals surface area contributed by atoms with Gasteiger partial charge in [-0.2, -0.15) is 5.10 Å².